The van der Waals surface area contributed by atoms with Crippen LogP contribution in [0.2, 0.25) is 0 Å². The van der Waals surface area contributed by atoms with E-state index in [0.29, 0.717) is 11.0 Å². The van der Waals surface area contributed by atoms with Crippen molar-refractivity contribution in [3.05, 3.63) is 151 Å². The number of nitrogens with zero attached hydrogens (tertiary/aromatic N) is 3. The minimum atomic E-state index is -1.02. The first-order chi connectivity index (χ1) is 24.8. The summed E-state index contributed by atoms with van der Waals surface area (Å²) in [6.07, 6.45) is 8.80. The van der Waals surface area contributed by atoms with E-state index in [1.807, 2.05) is 85.0 Å². The van der Waals surface area contributed by atoms with E-state index in [2.05, 4.69) is 64.6 Å². The van der Waals surface area contributed by atoms with Crippen LogP contribution in [0.15, 0.2) is 146 Å². The third kappa shape index (κ3) is 4.40. The normalized spacial score (nSPS) is 14.5. The van der Waals surface area contributed by atoms with Gasteiger partial charge >= 0.3 is 0 Å². The molecule has 0 saturated carbocycles. The number of hydrogen-bond acceptors (Lipinski definition) is 6. The molecule has 8 aromatic rings. The molecule has 8 heteroatoms. The molecule has 2 aromatic heterocycles. The molecule has 5 N–H and O–H groups in total. The van der Waals surface area contributed by atoms with Gasteiger partial charge in [0.25, 0.3) is 0 Å². The fraction of sp³-hybridized carbons (Fsp3) is 0.0233. The molecule has 0 aliphatic carbocycles. The Kier molecular flexibility index (Phi) is 6.62. The average Bonchev–Trinajstić information content (AvgIpc) is 3.68. The fourth-order valence-corrected chi connectivity index (χ4v) is 7.48. The highest BCUT2D eigenvalue weighted by molar-refractivity contribution is 6.13. The maximum atomic E-state index is 11.2. The molecule has 6 aromatic carbocycles. The van der Waals surface area contributed by atoms with Crippen LogP contribution in [0, 0.1) is 0 Å². The lowest BCUT2D eigenvalue weighted by Gasteiger charge is -2.27. The van der Waals surface area contributed by atoms with Crippen LogP contribution in [0.1, 0.15) is 5.56 Å². The van der Waals surface area contributed by atoms with Crippen molar-refractivity contribution in [2.75, 3.05) is 4.90 Å². The summed E-state index contributed by atoms with van der Waals surface area (Å²) in [7, 11) is 0. The van der Waals surface area contributed by atoms with Crippen molar-refractivity contribution in [2.24, 2.45) is 0 Å². The molecular formula is C43H31N3O5. The summed E-state index contributed by atoms with van der Waals surface area (Å²) in [5, 5.41) is 57.5. The van der Waals surface area contributed by atoms with Crippen LogP contribution in [0.4, 0.5) is 11.4 Å². The van der Waals surface area contributed by atoms with E-state index < -0.39 is 28.7 Å². The molecule has 0 radical (unpaired) electrons. The number of hydrogen-bond donors (Lipinski definition) is 5. The van der Waals surface area contributed by atoms with Crippen molar-refractivity contribution in [3.63, 3.8) is 0 Å². The molecule has 51 heavy (non-hydrogen) atoms. The molecular weight excluding hydrogens is 638 g/mol. The number of rotatable bonds is 3. The number of para-hydroxylation sites is 3. The predicted octanol–water partition coefficient (Wildman–Crippen LogP) is 9.73. The Balaban J connectivity index is 1.37. The van der Waals surface area contributed by atoms with Crippen LogP contribution in [-0.2, 0) is 6.42 Å². The van der Waals surface area contributed by atoms with Gasteiger partial charge in [-0.25, -0.2) is 0 Å². The Bertz CT molecular complexity index is 2740. The summed E-state index contributed by atoms with van der Waals surface area (Å²) in [5.74, 6) is -4.47. The third-order valence-electron chi connectivity index (χ3n) is 9.79. The van der Waals surface area contributed by atoms with Crippen molar-refractivity contribution in [1.29, 1.82) is 0 Å². The molecule has 8 nitrogen and oxygen atoms in total. The highest BCUT2D eigenvalue weighted by Crippen LogP contribution is 2.54. The Morgan fingerprint density at radius 2 is 1.02 bits per heavy atom. The van der Waals surface area contributed by atoms with Crippen molar-refractivity contribution in [3.8, 4) is 40.1 Å². The quantitative estimate of drug-likeness (QED) is 0.0946. The molecule has 0 unspecified atom stereocenters. The summed E-state index contributed by atoms with van der Waals surface area (Å²) >= 11 is 0. The lowest BCUT2D eigenvalue weighted by atomic mass is 10.1. The van der Waals surface area contributed by atoms with Crippen LogP contribution in [0.5, 0.6) is 28.7 Å². The summed E-state index contributed by atoms with van der Waals surface area (Å²) in [5.41, 5.74) is 7.54. The number of aromatic nitrogens is 2. The summed E-state index contributed by atoms with van der Waals surface area (Å²) in [4.78, 5) is 2.10. The molecule has 0 spiro atoms. The first-order valence-corrected chi connectivity index (χ1v) is 16.5. The molecule has 0 saturated heterocycles. The van der Waals surface area contributed by atoms with E-state index in [-0.39, 0.29) is 5.69 Å². The Labute approximate surface area is 291 Å². The van der Waals surface area contributed by atoms with Gasteiger partial charge in [-0.3, -0.25) is 0 Å². The lowest BCUT2D eigenvalue weighted by Crippen LogP contribution is -2.15. The number of aromatic hydroxyl groups is 5. The highest BCUT2D eigenvalue weighted by Gasteiger charge is 2.28. The Morgan fingerprint density at radius 3 is 1.69 bits per heavy atom. The van der Waals surface area contributed by atoms with Gasteiger partial charge in [0, 0.05) is 44.3 Å². The summed E-state index contributed by atoms with van der Waals surface area (Å²) < 4.78 is 3.79. The minimum absolute atomic E-state index is 0.272. The smallest absolute Gasteiger partial charge is 0.208 e. The molecule has 248 valence electrons. The molecule has 1 aliphatic rings. The number of fused-ring (bicyclic) bond motifs is 7. The maximum absolute atomic E-state index is 11.2. The zero-order chi connectivity index (χ0) is 35.0. The van der Waals surface area contributed by atoms with Gasteiger partial charge < -0.3 is 39.6 Å². The van der Waals surface area contributed by atoms with Gasteiger partial charge in [-0.05, 0) is 72.7 Å². The highest BCUT2D eigenvalue weighted by atomic mass is 16.4. The topological polar surface area (TPSA) is 114 Å². The predicted molar refractivity (Wildman–Crippen MR) is 203 cm³/mol. The van der Waals surface area contributed by atoms with Crippen molar-refractivity contribution < 1.29 is 25.5 Å². The van der Waals surface area contributed by atoms with Gasteiger partial charge in [0.1, 0.15) is 5.69 Å². The van der Waals surface area contributed by atoms with E-state index in [1.165, 1.54) is 0 Å². The first-order valence-electron chi connectivity index (χ1n) is 16.5. The fourth-order valence-electron chi connectivity index (χ4n) is 7.48. The van der Waals surface area contributed by atoms with Crippen LogP contribution in [0.25, 0.3) is 55.0 Å². The summed E-state index contributed by atoms with van der Waals surface area (Å²) in [6.45, 7) is 4.42. The van der Waals surface area contributed by atoms with Gasteiger partial charge in [-0.1, -0.05) is 79.4 Å². The lowest BCUT2D eigenvalue weighted by molar-refractivity contribution is 0.327. The molecule has 9 rings (SSSR count). The minimum Gasteiger partial charge on any atom is -0.503 e. The van der Waals surface area contributed by atoms with E-state index in [4.69, 9.17) is 0 Å². The van der Waals surface area contributed by atoms with Gasteiger partial charge in [0.15, 0.2) is 11.5 Å². The van der Waals surface area contributed by atoms with Crippen LogP contribution in [-0.4, -0.2) is 34.7 Å². The Hall–Kier alpha value is -7.06. The zero-order valence-electron chi connectivity index (χ0n) is 27.2. The van der Waals surface area contributed by atoms with Crippen LogP contribution in [0.3, 0.4) is 0 Å². The second kappa shape index (κ2) is 11.2. The van der Waals surface area contributed by atoms with E-state index in [1.54, 1.807) is 4.57 Å². The van der Waals surface area contributed by atoms with Gasteiger partial charge in [0.2, 0.25) is 17.2 Å². The number of allylic oxidation sites excluding steroid dienone is 4. The van der Waals surface area contributed by atoms with Crippen molar-refractivity contribution in [2.45, 2.75) is 6.42 Å². The first kappa shape index (κ1) is 30.0. The van der Waals surface area contributed by atoms with Gasteiger partial charge in [0.05, 0.1) is 22.1 Å². The van der Waals surface area contributed by atoms with E-state index in [9.17, 15) is 25.5 Å². The largest absolute Gasteiger partial charge is 0.503 e. The third-order valence-corrected chi connectivity index (χ3v) is 9.79. The molecule has 0 fully saturated rings. The van der Waals surface area contributed by atoms with Crippen LogP contribution >= 0.6 is 0 Å². The Morgan fingerprint density at radius 1 is 0.490 bits per heavy atom. The average molecular weight is 670 g/mol. The molecule has 1 aliphatic heterocycles. The molecule has 3 heterocycles. The van der Waals surface area contributed by atoms with E-state index >= 15 is 0 Å². The molecule has 0 atom stereocenters. The van der Waals surface area contributed by atoms with Crippen LogP contribution < -0.4 is 4.90 Å². The van der Waals surface area contributed by atoms with Gasteiger partial charge in [-0.2, -0.15) is 0 Å². The molecule has 0 bridgehead atoms. The monoisotopic (exact) mass is 669 g/mol. The maximum Gasteiger partial charge on any atom is 0.208 e. The second-order valence-corrected chi connectivity index (χ2v) is 12.6. The number of phenolic OH excluding ortho intramolecular Hbond substituents is 5. The van der Waals surface area contributed by atoms with Crippen molar-refractivity contribution >= 4 is 55.0 Å². The second-order valence-electron chi connectivity index (χ2n) is 12.6. The number of benzene rings is 6. The van der Waals surface area contributed by atoms with Gasteiger partial charge in [-0.15, -0.1) is 0 Å². The standard InChI is InChI=1S/C43H31N3O5/c1-25-11-3-2-4-12-26-13-5-8-16-33(26)44(25)27-19-21-36-31(23-27)32-24-28(45-34-17-9-6-14-29(34)30-15-7-10-18-35(30)45)20-22-37(32)46(36)38-39(47)41(49)43(51)42(50)40(38)48/h2-11,13-24,47-51H,1,12H2/b4-2-,11-3-. The summed E-state index contributed by atoms with van der Waals surface area (Å²) in [6, 6.07) is 36.5. The zero-order valence-corrected chi connectivity index (χ0v) is 27.2. The molecule has 0 amide bonds. The SMILES string of the molecule is C=C1/C=C\C=C/Cc2ccccc2N1c1ccc2c(c1)c1cc(-n3c4ccccc4c4ccccc43)ccc1n2-c1c(O)c(O)c(O)c(O)c1O. The van der Waals surface area contributed by atoms with Crippen molar-refractivity contribution in [1.82, 2.24) is 9.13 Å². The number of anilines is 2. The number of phenols is 5. The van der Waals surface area contributed by atoms with E-state index in [0.717, 1.165) is 67.3 Å².